The van der Waals surface area contributed by atoms with Crippen LogP contribution in [0.4, 0.5) is 11.4 Å². The molecule has 160 valence electrons. The number of ether oxygens (including phenoxy) is 1. The van der Waals surface area contributed by atoms with Gasteiger partial charge < -0.3 is 19.5 Å². The van der Waals surface area contributed by atoms with Crippen molar-refractivity contribution in [3.05, 3.63) is 64.8 Å². The first-order valence-corrected chi connectivity index (χ1v) is 10.9. The highest BCUT2D eigenvalue weighted by Gasteiger charge is 2.25. The van der Waals surface area contributed by atoms with Crippen molar-refractivity contribution in [3.63, 3.8) is 0 Å². The van der Waals surface area contributed by atoms with Crippen molar-refractivity contribution >= 4 is 40.5 Å². The van der Waals surface area contributed by atoms with Crippen LogP contribution in [0.15, 0.2) is 48.8 Å². The summed E-state index contributed by atoms with van der Waals surface area (Å²) < 4.78 is 7.21. The van der Waals surface area contributed by atoms with Gasteiger partial charge in [-0.15, -0.1) is 11.3 Å². The van der Waals surface area contributed by atoms with E-state index in [0.29, 0.717) is 29.9 Å². The second-order valence-electron chi connectivity index (χ2n) is 7.34. The van der Waals surface area contributed by atoms with Gasteiger partial charge in [-0.3, -0.25) is 9.59 Å². The molecular formula is C23H23N3O4S. The summed E-state index contributed by atoms with van der Waals surface area (Å²) in [6.45, 7) is 4.03. The van der Waals surface area contributed by atoms with E-state index < -0.39 is 18.5 Å². The maximum atomic E-state index is 12.8. The Bertz CT molecular complexity index is 1130. The van der Waals surface area contributed by atoms with Crippen molar-refractivity contribution in [3.8, 4) is 5.00 Å². The first-order valence-electron chi connectivity index (χ1n) is 10.1. The average Bonchev–Trinajstić information content (AvgIpc) is 3.49. The fourth-order valence-corrected chi connectivity index (χ4v) is 4.72. The van der Waals surface area contributed by atoms with Crippen LogP contribution in [0, 0.1) is 13.8 Å². The number of thiophene rings is 1. The molecule has 0 aliphatic carbocycles. The molecular weight excluding hydrogens is 414 g/mol. The molecule has 1 N–H and O–H groups in total. The topological polar surface area (TPSA) is 80.6 Å². The van der Waals surface area contributed by atoms with Gasteiger partial charge in [0.15, 0.2) is 6.61 Å². The Morgan fingerprint density at radius 3 is 2.58 bits per heavy atom. The third kappa shape index (κ3) is 4.25. The molecule has 3 aromatic rings. The molecule has 0 atom stereocenters. The number of rotatable bonds is 6. The molecule has 1 aliphatic rings. The quantitative estimate of drug-likeness (QED) is 0.590. The summed E-state index contributed by atoms with van der Waals surface area (Å²) in [7, 11) is 0. The number of aromatic nitrogens is 1. The number of benzene rings is 1. The van der Waals surface area contributed by atoms with E-state index in [2.05, 4.69) is 5.32 Å². The van der Waals surface area contributed by atoms with Crippen molar-refractivity contribution < 1.29 is 19.1 Å². The zero-order chi connectivity index (χ0) is 22.0. The maximum absolute atomic E-state index is 12.8. The van der Waals surface area contributed by atoms with Crippen LogP contribution in [0.3, 0.4) is 0 Å². The number of hydrogen-bond acceptors (Lipinski definition) is 5. The molecule has 7 nitrogen and oxygen atoms in total. The number of amides is 2. The Labute approximate surface area is 184 Å². The van der Waals surface area contributed by atoms with E-state index in [1.54, 1.807) is 23.1 Å². The van der Waals surface area contributed by atoms with E-state index in [-0.39, 0.29) is 5.91 Å². The fraction of sp³-hybridized carbons (Fsp3) is 0.261. The Morgan fingerprint density at radius 1 is 1.13 bits per heavy atom. The van der Waals surface area contributed by atoms with Crippen LogP contribution >= 0.6 is 11.3 Å². The largest absolute Gasteiger partial charge is 0.452 e. The summed E-state index contributed by atoms with van der Waals surface area (Å²) in [5, 5.41) is 3.53. The second kappa shape index (κ2) is 8.77. The van der Waals surface area contributed by atoms with Gasteiger partial charge in [0.1, 0.15) is 5.00 Å². The zero-order valence-corrected chi connectivity index (χ0v) is 18.2. The van der Waals surface area contributed by atoms with Gasteiger partial charge in [0.2, 0.25) is 5.91 Å². The molecule has 8 heteroatoms. The van der Waals surface area contributed by atoms with E-state index in [4.69, 9.17) is 4.74 Å². The number of hydrogen-bond donors (Lipinski definition) is 1. The van der Waals surface area contributed by atoms with Crippen molar-refractivity contribution in [1.82, 2.24) is 4.57 Å². The Hall–Kier alpha value is -3.39. The summed E-state index contributed by atoms with van der Waals surface area (Å²) in [4.78, 5) is 40.1. The van der Waals surface area contributed by atoms with Gasteiger partial charge >= 0.3 is 5.97 Å². The maximum Gasteiger partial charge on any atom is 0.341 e. The van der Waals surface area contributed by atoms with Gasteiger partial charge in [-0.1, -0.05) is 12.1 Å². The number of para-hydroxylation sites is 2. The van der Waals surface area contributed by atoms with E-state index >= 15 is 0 Å². The minimum Gasteiger partial charge on any atom is -0.452 e. The highest BCUT2D eigenvalue weighted by molar-refractivity contribution is 7.15. The lowest BCUT2D eigenvalue weighted by Gasteiger charge is -2.20. The number of nitrogens with one attached hydrogen (secondary N) is 1. The van der Waals surface area contributed by atoms with Crippen molar-refractivity contribution in [2.24, 2.45) is 0 Å². The van der Waals surface area contributed by atoms with Crippen LogP contribution in [0.1, 0.15) is 33.6 Å². The van der Waals surface area contributed by atoms with E-state index in [9.17, 15) is 14.4 Å². The molecule has 1 aliphatic heterocycles. The predicted molar refractivity (Wildman–Crippen MR) is 120 cm³/mol. The van der Waals surface area contributed by atoms with Crippen LogP contribution in [0.25, 0.3) is 5.00 Å². The Kier molecular flexibility index (Phi) is 5.90. The number of carbonyl (C=O) groups excluding carboxylic acids is 3. The first kappa shape index (κ1) is 20.9. The second-order valence-corrected chi connectivity index (χ2v) is 8.55. The highest BCUT2D eigenvalue weighted by Crippen LogP contribution is 2.32. The summed E-state index contributed by atoms with van der Waals surface area (Å²) in [5.74, 6) is -0.961. The van der Waals surface area contributed by atoms with E-state index in [0.717, 1.165) is 21.9 Å². The molecule has 0 saturated carbocycles. The molecule has 3 heterocycles. The number of anilines is 2. The normalized spacial score (nSPS) is 13.5. The lowest BCUT2D eigenvalue weighted by Crippen LogP contribution is -2.27. The molecule has 2 aromatic heterocycles. The molecule has 0 spiro atoms. The fourth-order valence-electron chi connectivity index (χ4n) is 3.61. The third-order valence-electron chi connectivity index (χ3n) is 5.29. The standard InChI is InChI=1S/C23H23N3O4S/c1-15-16(2)31-22(25-11-5-6-12-25)21(15)23(29)30-14-19(27)24-17-8-3-4-9-18(17)26-13-7-10-20(26)28/h3-6,8-9,11-12H,7,10,13-14H2,1-2H3,(H,24,27). The van der Waals surface area contributed by atoms with Crippen LogP contribution < -0.4 is 10.2 Å². The van der Waals surface area contributed by atoms with Crippen LogP contribution in [0.5, 0.6) is 0 Å². The monoisotopic (exact) mass is 437 g/mol. The van der Waals surface area contributed by atoms with Gasteiger partial charge in [0.25, 0.3) is 5.91 Å². The third-order valence-corrected chi connectivity index (χ3v) is 6.51. The molecule has 1 saturated heterocycles. The van der Waals surface area contributed by atoms with Crippen molar-refractivity contribution in [2.75, 3.05) is 23.4 Å². The Morgan fingerprint density at radius 2 is 1.87 bits per heavy atom. The number of aryl methyl sites for hydroxylation is 1. The molecule has 2 amide bonds. The van der Waals surface area contributed by atoms with Gasteiger partial charge in [-0.2, -0.15) is 0 Å². The first-order chi connectivity index (χ1) is 15.0. The number of esters is 1. The zero-order valence-electron chi connectivity index (χ0n) is 17.4. The lowest BCUT2D eigenvalue weighted by molar-refractivity contribution is -0.119. The highest BCUT2D eigenvalue weighted by atomic mass is 32.1. The van der Waals surface area contributed by atoms with Gasteiger partial charge in [-0.05, 0) is 50.1 Å². The Balaban J connectivity index is 1.45. The minimum atomic E-state index is -0.538. The smallest absolute Gasteiger partial charge is 0.341 e. The predicted octanol–water partition coefficient (Wildman–Crippen LogP) is 4.08. The van der Waals surface area contributed by atoms with Crippen molar-refractivity contribution in [1.29, 1.82) is 0 Å². The SMILES string of the molecule is Cc1sc(-n2cccc2)c(C(=O)OCC(=O)Nc2ccccc2N2CCCC2=O)c1C. The number of nitrogens with zero attached hydrogens (tertiary/aromatic N) is 2. The van der Waals surface area contributed by atoms with Gasteiger partial charge in [-0.25, -0.2) is 4.79 Å². The molecule has 0 bridgehead atoms. The number of carbonyl (C=O) groups is 3. The van der Waals surface area contributed by atoms with Gasteiger partial charge in [0.05, 0.1) is 16.9 Å². The summed E-state index contributed by atoms with van der Waals surface area (Å²) in [5.41, 5.74) is 2.49. The molecule has 0 radical (unpaired) electrons. The molecule has 1 aromatic carbocycles. The minimum absolute atomic E-state index is 0.0361. The van der Waals surface area contributed by atoms with Crippen LogP contribution in [0.2, 0.25) is 0 Å². The summed E-state index contributed by atoms with van der Waals surface area (Å²) in [6, 6.07) is 10.9. The lowest BCUT2D eigenvalue weighted by atomic mass is 10.1. The van der Waals surface area contributed by atoms with E-state index in [1.807, 2.05) is 49.0 Å². The molecule has 0 unspecified atom stereocenters. The average molecular weight is 438 g/mol. The summed E-state index contributed by atoms with van der Waals surface area (Å²) in [6.07, 6.45) is 5.03. The summed E-state index contributed by atoms with van der Waals surface area (Å²) >= 11 is 1.50. The van der Waals surface area contributed by atoms with Crippen LogP contribution in [-0.4, -0.2) is 35.5 Å². The van der Waals surface area contributed by atoms with E-state index in [1.165, 1.54) is 11.3 Å². The molecule has 31 heavy (non-hydrogen) atoms. The molecule has 4 rings (SSSR count). The molecule has 1 fully saturated rings. The van der Waals surface area contributed by atoms with Crippen molar-refractivity contribution in [2.45, 2.75) is 26.7 Å². The van der Waals surface area contributed by atoms with Crippen LogP contribution in [-0.2, 0) is 14.3 Å². The van der Waals surface area contributed by atoms with Gasteiger partial charge in [0, 0.05) is 30.2 Å².